The molecule has 0 N–H and O–H groups in total. The molecule has 0 saturated heterocycles. The van der Waals surface area contributed by atoms with Crippen molar-refractivity contribution < 1.29 is 4.74 Å². The van der Waals surface area contributed by atoms with Gasteiger partial charge < -0.3 is 4.74 Å². The van der Waals surface area contributed by atoms with Gasteiger partial charge in [0.15, 0.2) is 0 Å². The van der Waals surface area contributed by atoms with Crippen molar-refractivity contribution in [1.82, 2.24) is 0 Å². The molecule has 0 aliphatic rings. The predicted molar refractivity (Wildman–Crippen MR) is 67.4 cm³/mol. The van der Waals surface area contributed by atoms with Crippen molar-refractivity contribution in [1.29, 1.82) is 0 Å². The molecule has 0 atom stereocenters. The van der Waals surface area contributed by atoms with Crippen molar-refractivity contribution in [3.63, 3.8) is 0 Å². The van der Waals surface area contributed by atoms with Gasteiger partial charge in [-0.15, -0.1) is 0 Å². The van der Waals surface area contributed by atoms with Crippen LogP contribution in [0.15, 0.2) is 0 Å². The molecule has 0 aliphatic carbocycles. The molecule has 0 amide bonds. The van der Waals surface area contributed by atoms with Crippen LogP contribution in [0.5, 0.6) is 0 Å². The van der Waals surface area contributed by atoms with Crippen molar-refractivity contribution in [2.24, 2.45) is 0 Å². The number of rotatable bonds is 8. The molecule has 0 unspecified atom stereocenters. The van der Waals surface area contributed by atoms with Crippen LogP contribution in [0.3, 0.4) is 0 Å². The minimum absolute atomic E-state index is 0.149. The molecule has 86 valence electrons. The van der Waals surface area contributed by atoms with Gasteiger partial charge in [0, 0.05) is 13.2 Å². The maximum atomic E-state index is 4.83. The van der Waals surface area contributed by atoms with Gasteiger partial charge in [0.25, 0.3) is 0 Å². The molecule has 14 heavy (non-hydrogen) atoms. The summed E-state index contributed by atoms with van der Waals surface area (Å²) >= 11 is 0.149. The van der Waals surface area contributed by atoms with Crippen molar-refractivity contribution in [3.05, 3.63) is 0 Å². The first-order valence-corrected chi connectivity index (χ1v) is 10.1. The van der Waals surface area contributed by atoms with Crippen LogP contribution in [0.25, 0.3) is 0 Å². The maximum Gasteiger partial charge on any atom is 0.0437 e. The molecule has 0 aromatic heterocycles. The fourth-order valence-corrected chi connectivity index (χ4v) is 5.09. The predicted octanol–water partition coefficient (Wildman–Crippen LogP) is 4.17. The zero-order valence-electron chi connectivity index (χ0n) is 10.6. The molecular weight excluding hydrogens is 279 g/mol. The summed E-state index contributed by atoms with van der Waals surface area (Å²) in [5.41, 5.74) is 0. The first kappa shape index (κ1) is 17.2. The van der Waals surface area contributed by atoms with Crippen molar-refractivity contribution in [2.75, 3.05) is 13.2 Å². The molecule has 0 aromatic carbocycles. The third-order valence-corrected chi connectivity index (χ3v) is 5.86. The molecule has 0 heterocycles. The van der Waals surface area contributed by atoms with Gasteiger partial charge in [0.05, 0.1) is 0 Å². The topological polar surface area (TPSA) is 9.23 Å². The first-order chi connectivity index (χ1) is 6.83. The Labute approximate surface area is 101 Å². The van der Waals surface area contributed by atoms with Crippen LogP contribution in [0.2, 0.25) is 8.87 Å². The average molecular weight is 307 g/mol. The molecule has 2 radical (unpaired) electrons. The number of unbranched alkanes of at least 4 members (excludes halogenated alkanes) is 2. The number of hydrogen-bond acceptors (Lipinski definition) is 1. The quantitative estimate of drug-likeness (QED) is 0.483. The Morgan fingerprint density at radius 3 is 1.43 bits per heavy atom. The van der Waals surface area contributed by atoms with Crippen LogP contribution < -0.4 is 0 Å². The van der Waals surface area contributed by atoms with E-state index < -0.39 is 0 Å². The smallest absolute Gasteiger partial charge is 0.0437 e. The molecule has 2 heteroatoms. The van der Waals surface area contributed by atoms with Crippen LogP contribution in [0.1, 0.15) is 53.4 Å². The van der Waals surface area contributed by atoms with E-state index in [0.717, 1.165) is 13.2 Å². The van der Waals surface area contributed by atoms with Gasteiger partial charge in [0.1, 0.15) is 0 Å². The molecule has 0 rings (SSSR count). The van der Waals surface area contributed by atoms with E-state index in [1.165, 1.54) is 25.7 Å². The Hall–Kier alpha value is 0.759. The van der Waals surface area contributed by atoms with E-state index >= 15 is 0 Å². The van der Waals surface area contributed by atoms with E-state index in [9.17, 15) is 0 Å². The fraction of sp³-hybridized carbons (Fsp3) is 1.00. The molecule has 0 aliphatic heterocycles. The van der Waals surface area contributed by atoms with Gasteiger partial charge in [-0.3, -0.25) is 0 Å². The van der Waals surface area contributed by atoms with Crippen LogP contribution in [0, 0.1) is 0 Å². The van der Waals surface area contributed by atoms with Gasteiger partial charge >= 0.3 is 69.5 Å². The van der Waals surface area contributed by atoms with Gasteiger partial charge in [-0.2, -0.15) is 0 Å². The minimum atomic E-state index is 0.149. The molecule has 1 nitrogen and oxygen atoms in total. The SMILES string of the molecule is CCC[CH2][Sn][CH2]CCC.CCOCC. The van der Waals surface area contributed by atoms with Crippen molar-refractivity contribution in [3.8, 4) is 0 Å². The Balaban J connectivity index is 0. The Bertz CT molecular complexity index is 68.7. The summed E-state index contributed by atoms with van der Waals surface area (Å²) < 4.78 is 8.08. The van der Waals surface area contributed by atoms with E-state index in [2.05, 4.69) is 13.8 Å². The molecule has 0 spiro atoms. The first-order valence-electron chi connectivity index (χ1n) is 6.11. The van der Waals surface area contributed by atoms with Crippen molar-refractivity contribution in [2.45, 2.75) is 62.3 Å². The Kier molecular flexibility index (Phi) is 23.7. The second kappa shape index (κ2) is 19.3. The second-order valence-electron chi connectivity index (χ2n) is 3.24. The van der Waals surface area contributed by atoms with Crippen LogP contribution in [-0.4, -0.2) is 34.4 Å². The van der Waals surface area contributed by atoms with Gasteiger partial charge in [-0.25, -0.2) is 0 Å². The summed E-state index contributed by atoms with van der Waals surface area (Å²) in [4.78, 5) is 0. The third kappa shape index (κ3) is 23.0. The van der Waals surface area contributed by atoms with E-state index in [1.54, 1.807) is 8.87 Å². The van der Waals surface area contributed by atoms with Crippen molar-refractivity contribution >= 4 is 21.1 Å². The molecule has 0 bridgehead atoms. The summed E-state index contributed by atoms with van der Waals surface area (Å²) in [5.74, 6) is 0. The van der Waals surface area contributed by atoms with E-state index in [1.807, 2.05) is 13.8 Å². The summed E-state index contributed by atoms with van der Waals surface area (Å²) in [6.07, 6.45) is 5.84. The summed E-state index contributed by atoms with van der Waals surface area (Å²) in [7, 11) is 0. The van der Waals surface area contributed by atoms with Crippen LogP contribution in [0.4, 0.5) is 0 Å². The zero-order valence-corrected chi connectivity index (χ0v) is 13.4. The average Bonchev–Trinajstić information content (AvgIpc) is 2.20. The van der Waals surface area contributed by atoms with Crippen LogP contribution in [-0.2, 0) is 4.74 Å². The van der Waals surface area contributed by atoms with Gasteiger partial charge in [-0.05, 0) is 13.8 Å². The minimum Gasteiger partial charge on any atom is -0.382 e. The normalized spacial score (nSPS) is 9.43. The largest absolute Gasteiger partial charge is 0.382 e. The molecule has 0 aromatic rings. The third-order valence-electron chi connectivity index (χ3n) is 1.82. The maximum absolute atomic E-state index is 4.83. The van der Waals surface area contributed by atoms with E-state index in [0.29, 0.717) is 0 Å². The standard InChI is InChI=1S/C4H10O.2C4H9.Sn/c1-3-5-4-2;2*1-3-4-2;/h3-4H2,1-2H3;2*1,3-4H2,2H3;. The molecule has 0 saturated carbocycles. The fourth-order valence-electron chi connectivity index (χ4n) is 0.933. The Morgan fingerprint density at radius 1 is 0.786 bits per heavy atom. The monoisotopic (exact) mass is 308 g/mol. The van der Waals surface area contributed by atoms with E-state index in [4.69, 9.17) is 4.74 Å². The molecular formula is C12H28OSn. The Morgan fingerprint density at radius 2 is 1.21 bits per heavy atom. The summed E-state index contributed by atoms with van der Waals surface area (Å²) in [6, 6.07) is 0. The number of hydrogen-bond donors (Lipinski definition) is 0. The van der Waals surface area contributed by atoms with E-state index in [-0.39, 0.29) is 21.1 Å². The zero-order chi connectivity index (χ0) is 11.1. The van der Waals surface area contributed by atoms with Gasteiger partial charge in [-0.1, -0.05) is 0 Å². The summed E-state index contributed by atoms with van der Waals surface area (Å²) in [6.45, 7) is 10.2. The number of ether oxygens (including phenoxy) is 1. The van der Waals surface area contributed by atoms with Gasteiger partial charge in [0.2, 0.25) is 0 Å². The summed E-state index contributed by atoms with van der Waals surface area (Å²) in [5, 5.41) is 0. The van der Waals surface area contributed by atoms with Crippen LogP contribution >= 0.6 is 0 Å². The molecule has 0 fully saturated rings. The second-order valence-corrected chi connectivity index (χ2v) is 7.52.